The van der Waals surface area contributed by atoms with Crippen molar-refractivity contribution in [2.45, 2.75) is 25.1 Å². The molecular weight excluding hydrogens is 530 g/mol. The van der Waals surface area contributed by atoms with E-state index in [4.69, 9.17) is 0 Å². The molecule has 1 amide bonds. The van der Waals surface area contributed by atoms with Gasteiger partial charge in [0, 0.05) is 22.7 Å². The Hall–Kier alpha value is -4.28. The molecule has 0 spiro atoms. The second-order valence-corrected chi connectivity index (χ2v) is 11.2. The van der Waals surface area contributed by atoms with Crippen molar-refractivity contribution in [1.82, 2.24) is 14.8 Å². The van der Waals surface area contributed by atoms with Crippen molar-refractivity contribution in [3.05, 3.63) is 99.3 Å². The predicted octanol–water partition coefficient (Wildman–Crippen LogP) is 5.95. The van der Waals surface area contributed by atoms with Crippen LogP contribution in [0.4, 0.5) is 10.8 Å². The highest BCUT2D eigenvalue weighted by Gasteiger charge is 2.17. The summed E-state index contributed by atoms with van der Waals surface area (Å²) in [5, 5.41) is 23.7. The predicted molar refractivity (Wildman–Crippen MR) is 158 cm³/mol. The number of amides is 1. The van der Waals surface area contributed by atoms with Gasteiger partial charge in [0.1, 0.15) is 0 Å². The number of aryl methyl sites for hydroxylation is 3. The average Bonchev–Trinajstić information content (AvgIpc) is 3.38. The molecule has 2 N–H and O–H groups in total. The third-order valence-corrected chi connectivity index (χ3v) is 8.04. The number of anilines is 1. The maximum atomic E-state index is 13.2. The van der Waals surface area contributed by atoms with Crippen LogP contribution in [-0.2, 0) is 4.79 Å². The molecule has 0 saturated carbocycles. The van der Waals surface area contributed by atoms with Gasteiger partial charge in [-0.1, -0.05) is 76.7 Å². The number of carbonyl (C=O) groups excluding carboxylic acids is 1. The Morgan fingerprint density at radius 3 is 2.49 bits per heavy atom. The van der Waals surface area contributed by atoms with E-state index in [1.165, 1.54) is 33.9 Å². The maximum absolute atomic E-state index is 13.2. The summed E-state index contributed by atoms with van der Waals surface area (Å²) < 4.78 is 1.87. The lowest BCUT2D eigenvalue weighted by atomic mass is 10.1. The van der Waals surface area contributed by atoms with Gasteiger partial charge in [0.05, 0.1) is 17.0 Å². The van der Waals surface area contributed by atoms with Crippen LogP contribution in [0.25, 0.3) is 16.5 Å². The monoisotopic (exact) mass is 555 g/mol. The van der Waals surface area contributed by atoms with Gasteiger partial charge in [0.25, 0.3) is 5.56 Å². The van der Waals surface area contributed by atoms with Gasteiger partial charge < -0.3 is 10.4 Å². The first-order valence-electron chi connectivity index (χ1n) is 12.1. The van der Waals surface area contributed by atoms with Crippen LogP contribution in [0.2, 0.25) is 0 Å². The number of nitrogens with zero attached hydrogens (tertiary/aromatic N) is 4. The van der Waals surface area contributed by atoms with Crippen LogP contribution >= 0.6 is 23.1 Å². The summed E-state index contributed by atoms with van der Waals surface area (Å²) >= 11 is 2.51. The number of aliphatic imine (C=N–C) groups is 1. The zero-order chi connectivity index (χ0) is 27.5. The van der Waals surface area contributed by atoms with Crippen LogP contribution in [0.1, 0.15) is 22.3 Å². The fourth-order valence-electron chi connectivity index (χ4n) is 4.12. The number of aromatic nitrogens is 3. The van der Waals surface area contributed by atoms with E-state index >= 15 is 0 Å². The highest BCUT2D eigenvalue weighted by molar-refractivity contribution is 8.01. The van der Waals surface area contributed by atoms with E-state index < -0.39 is 0 Å². The van der Waals surface area contributed by atoms with Crippen molar-refractivity contribution in [2.75, 3.05) is 11.1 Å². The minimum atomic E-state index is -0.321. The van der Waals surface area contributed by atoms with Gasteiger partial charge in [-0.2, -0.15) is 0 Å². The fraction of sp³-hybridized carbons (Fsp3) is 0.138. The average molecular weight is 556 g/mol. The van der Waals surface area contributed by atoms with Crippen molar-refractivity contribution in [3.63, 3.8) is 0 Å². The number of rotatable bonds is 7. The lowest BCUT2D eigenvalue weighted by Crippen LogP contribution is -2.20. The number of aromatic hydroxyl groups is 1. The quantitative estimate of drug-likeness (QED) is 0.190. The molecule has 10 heteroatoms. The molecule has 39 heavy (non-hydrogen) atoms. The number of carbonyl (C=O) groups is 1. The molecular formula is C29H25N5O3S2. The largest absolute Gasteiger partial charge is 0.494 e. The Kier molecular flexibility index (Phi) is 7.58. The summed E-state index contributed by atoms with van der Waals surface area (Å²) in [7, 11) is 0. The molecule has 8 nitrogen and oxygen atoms in total. The van der Waals surface area contributed by atoms with Crippen LogP contribution in [0.15, 0.2) is 80.9 Å². The Labute approximate surface area is 233 Å². The molecule has 3 aromatic carbocycles. The summed E-state index contributed by atoms with van der Waals surface area (Å²) in [6, 6.07) is 20.3. The van der Waals surface area contributed by atoms with E-state index in [2.05, 4.69) is 20.5 Å². The molecule has 0 aliphatic carbocycles. The second-order valence-electron chi connectivity index (χ2n) is 9.02. The van der Waals surface area contributed by atoms with Crippen molar-refractivity contribution < 1.29 is 9.90 Å². The van der Waals surface area contributed by atoms with Crippen LogP contribution in [-0.4, -0.2) is 37.7 Å². The number of fused-ring (bicyclic) bond motifs is 1. The molecule has 0 saturated heterocycles. The third-order valence-electron chi connectivity index (χ3n) is 6.08. The molecule has 5 rings (SSSR count). The lowest BCUT2D eigenvalue weighted by molar-refractivity contribution is -0.113. The number of hydrogen-bond donors (Lipinski definition) is 2. The van der Waals surface area contributed by atoms with E-state index in [0.29, 0.717) is 31.5 Å². The van der Waals surface area contributed by atoms with E-state index in [9.17, 15) is 14.7 Å². The SMILES string of the molecule is Cc1ccc(-n2c(O)c(/C=N/c3nnc(SCC(=O)Nc4ccc(C)cc4C)s3)c3ccccc3c2=O)cc1. The van der Waals surface area contributed by atoms with Crippen molar-refractivity contribution in [1.29, 1.82) is 0 Å². The van der Waals surface area contributed by atoms with E-state index in [-0.39, 0.29) is 23.1 Å². The van der Waals surface area contributed by atoms with Crippen LogP contribution in [0.3, 0.4) is 0 Å². The van der Waals surface area contributed by atoms with Crippen molar-refractivity contribution in [2.24, 2.45) is 4.99 Å². The zero-order valence-electron chi connectivity index (χ0n) is 21.5. The van der Waals surface area contributed by atoms with Crippen LogP contribution in [0.5, 0.6) is 5.88 Å². The first-order chi connectivity index (χ1) is 18.8. The summed E-state index contributed by atoms with van der Waals surface area (Å²) in [4.78, 5) is 30.1. The molecule has 0 bridgehead atoms. The maximum Gasteiger partial charge on any atom is 0.265 e. The standard InChI is InChI=1S/C29H25N5O3S2/c1-17-8-11-20(12-9-17)34-26(36)22-7-5-4-6-21(22)23(27(34)37)15-30-28-32-33-29(39-28)38-16-25(35)31-24-13-10-18(2)14-19(24)3/h4-15,37H,16H2,1-3H3,(H,31,35)/b30-15+. The number of nitrogens with one attached hydrogen (secondary N) is 1. The van der Waals surface area contributed by atoms with Crippen LogP contribution < -0.4 is 10.9 Å². The molecule has 0 aliphatic rings. The van der Waals surface area contributed by atoms with Gasteiger partial charge in [0.2, 0.25) is 16.9 Å². The topological polar surface area (TPSA) is 109 Å². The molecule has 2 aromatic heterocycles. The van der Waals surface area contributed by atoms with Gasteiger partial charge in [-0.3, -0.25) is 9.59 Å². The summed E-state index contributed by atoms with van der Waals surface area (Å²) in [5.74, 6) is -0.172. The van der Waals surface area contributed by atoms with Crippen molar-refractivity contribution >= 4 is 56.8 Å². The minimum absolute atomic E-state index is 0.137. The first-order valence-corrected chi connectivity index (χ1v) is 13.9. The van der Waals surface area contributed by atoms with Crippen molar-refractivity contribution in [3.8, 4) is 11.6 Å². The van der Waals surface area contributed by atoms with Crippen LogP contribution in [0, 0.1) is 20.8 Å². The summed E-state index contributed by atoms with van der Waals surface area (Å²) in [6.07, 6.45) is 1.49. The first kappa shape index (κ1) is 26.3. The summed E-state index contributed by atoms with van der Waals surface area (Å²) in [6.45, 7) is 5.92. The molecule has 5 aromatic rings. The smallest absolute Gasteiger partial charge is 0.265 e. The summed E-state index contributed by atoms with van der Waals surface area (Å²) in [5.41, 5.74) is 4.59. The Balaban J connectivity index is 1.36. The second kappa shape index (κ2) is 11.2. The number of pyridine rings is 1. The normalized spacial score (nSPS) is 11.4. The van der Waals surface area contributed by atoms with Gasteiger partial charge in [-0.15, -0.1) is 10.2 Å². The Morgan fingerprint density at radius 1 is 1.03 bits per heavy atom. The van der Waals surface area contributed by atoms with E-state index in [1.54, 1.807) is 36.4 Å². The Bertz CT molecular complexity index is 1770. The van der Waals surface area contributed by atoms with Gasteiger partial charge in [0.15, 0.2) is 4.34 Å². The highest BCUT2D eigenvalue weighted by Crippen LogP contribution is 2.30. The molecule has 196 valence electrons. The number of thioether (sulfide) groups is 1. The molecule has 0 atom stereocenters. The lowest BCUT2D eigenvalue weighted by Gasteiger charge is -2.13. The molecule has 2 heterocycles. The van der Waals surface area contributed by atoms with E-state index in [0.717, 1.165) is 22.4 Å². The third kappa shape index (κ3) is 5.76. The molecule has 0 aliphatic heterocycles. The molecule has 0 unspecified atom stereocenters. The number of benzene rings is 3. The van der Waals surface area contributed by atoms with E-state index in [1.807, 2.05) is 51.1 Å². The van der Waals surface area contributed by atoms with Gasteiger partial charge in [-0.05, 0) is 50.6 Å². The number of hydrogen-bond acceptors (Lipinski definition) is 8. The van der Waals surface area contributed by atoms with Gasteiger partial charge in [-0.25, -0.2) is 9.56 Å². The van der Waals surface area contributed by atoms with Gasteiger partial charge >= 0.3 is 0 Å². The molecule has 0 radical (unpaired) electrons. The Morgan fingerprint density at radius 2 is 1.74 bits per heavy atom. The highest BCUT2D eigenvalue weighted by atomic mass is 32.2. The zero-order valence-corrected chi connectivity index (χ0v) is 23.1. The minimum Gasteiger partial charge on any atom is -0.494 e. The molecule has 0 fully saturated rings. The fourth-order valence-corrected chi connectivity index (χ4v) is 5.61.